The van der Waals surface area contributed by atoms with Gasteiger partial charge in [0.2, 0.25) is 0 Å². The molecule has 0 bridgehead atoms. The molecule has 1 saturated heterocycles. The molecule has 5 nitrogen and oxygen atoms in total. The predicted molar refractivity (Wildman–Crippen MR) is 51.3 cm³/mol. The summed E-state index contributed by atoms with van der Waals surface area (Å²) in [5, 5.41) is 14.8. The smallest absolute Gasteiger partial charge is 0.300 e. The molecule has 1 fully saturated rings. The molecule has 1 aliphatic rings. The Bertz CT molecular complexity index is 120. The van der Waals surface area contributed by atoms with E-state index in [0.717, 1.165) is 27.1 Å². The van der Waals surface area contributed by atoms with Crippen LogP contribution in [0.15, 0.2) is 0 Å². The fraction of sp³-hybridized carbons (Fsp3) is 0.778. The topological polar surface area (TPSA) is 83.8 Å². The number of ether oxygens (including phenoxy) is 1. The lowest BCUT2D eigenvalue weighted by molar-refractivity contribution is -0.135. The lowest BCUT2D eigenvalue weighted by atomic mass is 10.2. The van der Waals surface area contributed by atoms with E-state index in [0.29, 0.717) is 0 Å². The molecular formula is C9H18O5. The van der Waals surface area contributed by atoms with Gasteiger partial charge in [0.25, 0.3) is 11.9 Å². The van der Waals surface area contributed by atoms with Crippen LogP contribution in [0.2, 0.25) is 0 Å². The Labute approximate surface area is 83.7 Å². The first-order valence-electron chi connectivity index (χ1n) is 4.43. The molecule has 0 atom stereocenters. The number of hydrogen-bond donors (Lipinski definition) is 2. The zero-order chi connectivity index (χ0) is 11.4. The third-order valence-corrected chi connectivity index (χ3v) is 1.08. The summed E-state index contributed by atoms with van der Waals surface area (Å²) in [5.74, 6) is -1.67. The molecule has 0 aromatic heterocycles. The van der Waals surface area contributed by atoms with Crippen LogP contribution in [0.3, 0.4) is 0 Å². The molecule has 0 unspecified atom stereocenters. The van der Waals surface area contributed by atoms with Gasteiger partial charge in [-0.05, 0) is 19.3 Å². The quantitative estimate of drug-likeness (QED) is 0.625. The monoisotopic (exact) mass is 206 g/mol. The fourth-order valence-electron chi connectivity index (χ4n) is 0.687. The minimum Gasteiger partial charge on any atom is -0.481 e. The highest BCUT2D eigenvalue weighted by molar-refractivity contribution is 5.63. The Morgan fingerprint density at radius 3 is 1.29 bits per heavy atom. The maximum absolute atomic E-state index is 9.00. The molecule has 2 N–H and O–H groups in total. The Hall–Kier alpha value is -1.10. The van der Waals surface area contributed by atoms with Crippen molar-refractivity contribution >= 4 is 11.9 Å². The first-order valence-corrected chi connectivity index (χ1v) is 4.43. The normalized spacial score (nSPS) is 13.9. The van der Waals surface area contributed by atoms with Gasteiger partial charge in [-0.15, -0.1) is 0 Å². The van der Waals surface area contributed by atoms with Gasteiger partial charge in [0, 0.05) is 27.1 Å². The molecule has 0 saturated carbocycles. The number of aliphatic carboxylic acids is 2. The number of carboxylic acid groups (broad SMARTS) is 2. The highest BCUT2D eigenvalue weighted by atomic mass is 16.5. The van der Waals surface area contributed by atoms with Gasteiger partial charge in [-0.1, -0.05) is 0 Å². The van der Waals surface area contributed by atoms with Crippen molar-refractivity contribution in [2.24, 2.45) is 0 Å². The molecule has 84 valence electrons. The van der Waals surface area contributed by atoms with Gasteiger partial charge in [0.05, 0.1) is 0 Å². The van der Waals surface area contributed by atoms with E-state index in [1.54, 1.807) is 0 Å². The van der Waals surface area contributed by atoms with Crippen molar-refractivity contribution in [3.8, 4) is 0 Å². The van der Waals surface area contributed by atoms with Crippen molar-refractivity contribution in [3.05, 3.63) is 0 Å². The van der Waals surface area contributed by atoms with Crippen molar-refractivity contribution < 1.29 is 24.5 Å². The summed E-state index contributed by atoms with van der Waals surface area (Å²) in [7, 11) is 0. The zero-order valence-corrected chi connectivity index (χ0v) is 8.65. The van der Waals surface area contributed by atoms with Crippen LogP contribution in [0.4, 0.5) is 0 Å². The Kier molecular flexibility index (Phi) is 13.1. The van der Waals surface area contributed by atoms with E-state index >= 15 is 0 Å². The Morgan fingerprint density at radius 1 is 0.929 bits per heavy atom. The van der Waals surface area contributed by atoms with Crippen LogP contribution >= 0.6 is 0 Å². The second-order valence-electron chi connectivity index (χ2n) is 2.71. The van der Waals surface area contributed by atoms with Crippen molar-refractivity contribution in [1.82, 2.24) is 0 Å². The van der Waals surface area contributed by atoms with Crippen LogP contribution in [0.1, 0.15) is 33.1 Å². The summed E-state index contributed by atoms with van der Waals surface area (Å²) < 4.78 is 5.07. The maximum Gasteiger partial charge on any atom is 0.300 e. The van der Waals surface area contributed by atoms with Gasteiger partial charge in [-0.3, -0.25) is 9.59 Å². The Balaban J connectivity index is 0. The highest BCUT2D eigenvalue weighted by Gasteiger charge is 1.94. The third kappa shape index (κ3) is 44.5. The van der Waals surface area contributed by atoms with Gasteiger partial charge in [0.1, 0.15) is 0 Å². The van der Waals surface area contributed by atoms with Gasteiger partial charge < -0.3 is 14.9 Å². The molecule has 0 amide bonds. The first-order chi connectivity index (χ1) is 6.46. The Morgan fingerprint density at radius 2 is 1.21 bits per heavy atom. The zero-order valence-electron chi connectivity index (χ0n) is 8.65. The number of carbonyl (C=O) groups is 2. The summed E-state index contributed by atoms with van der Waals surface area (Å²) in [6.45, 7) is 4.17. The van der Waals surface area contributed by atoms with E-state index in [1.807, 2.05) is 0 Å². The van der Waals surface area contributed by atoms with Crippen LogP contribution in [0.5, 0.6) is 0 Å². The van der Waals surface area contributed by atoms with Gasteiger partial charge in [-0.2, -0.15) is 0 Å². The van der Waals surface area contributed by atoms with Gasteiger partial charge in [-0.25, -0.2) is 0 Å². The van der Waals surface area contributed by atoms with Gasteiger partial charge in [0.15, 0.2) is 0 Å². The molecule has 14 heavy (non-hydrogen) atoms. The third-order valence-electron chi connectivity index (χ3n) is 1.08. The molecule has 1 heterocycles. The first kappa shape index (κ1) is 15.4. The summed E-state index contributed by atoms with van der Waals surface area (Å²) in [6, 6.07) is 0. The van der Waals surface area contributed by atoms with E-state index in [-0.39, 0.29) is 0 Å². The lowest BCUT2D eigenvalue weighted by Crippen LogP contribution is -2.03. The van der Waals surface area contributed by atoms with E-state index in [4.69, 9.17) is 24.5 Å². The average Bonchev–Trinajstić information content (AvgIpc) is 2.05. The van der Waals surface area contributed by atoms with Crippen LogP contribution in [-0.2, 0) is 14.3 Å². The van der Waals surface area contributed by atoms with E-state index in [9.17, 15) is 0 Å². The van der Waals surface area contributed by atoms with Crippen LogP contribution in [-0.4, -0.2) is 35.4 Å². The predicted octanol–water partition coefficient (Wildman–Crippen LogP) is 1.37. The lowest BCUT2D eigenvalue weighted by Gasteiger charge is -2.08. The van der Waals surface area contributed by atoms with Gasteiger partial charge >= 0.3 is 0 Å². The summed E-state index contributed by atoms with van der Waals surface area (Å²) in [4.78, 5) is 18.0. The van der Waals surface area contributed by atoms with E-state index < -0.39 is 11.9 Å². The minimum atomic E-state index is -0.833. The second-order valence-corrected chi connectivity index (χ2v) is 2.71. The minimum absolute atomic E-state index is 0.833. The number of hydrogen-bond acceptors (Lipinski definition) is 3. The van der Waals surface area contributed by atoms with Crippen molar-refractivity contribution in [1.29, 1.82) is 0 Å². The van der Waals surface area contributed by atoms with E-state index in [2.05, 4.69) is 0 Å². The molecule has 0 aromatic carbocycles. The summed E-state index contributed by atoms with van der Waals surface area (Å²) in [6.07, 6.45) is 3.93. The second kappa shape index (κ2) is 11.9. The molecule has 0 radical (unpaired) electrons. The molecular weight excluding hydrogens is 188 g/mol. The highest BCUT2D eigenvalue weighted by Crippen LogP contribution is 2.02. The number of rotatable bonds is 0. The molecule has 0 aromatic rings. The molecule has 0 aliphatic carbocycles. The van der Waals surface area contributed by atoms with E-state index in [1.165, 1.54) is 19.3 Å². The van der Waals surface area contributed by atoms with Crippen LogP contribution in [0.25, 0.3) is 0 Å². The maximum atomic E-state index is 9.00. The molecule has 0 spiro atoms. The number of carboxylic acids is 2. The van der Waals surface area contributed by atoms with Crippen molar-refractivity contribution in [2.45, 2.75) is 33.1 Å². The standard InChI is InChI=1S/C5H10O.2C2H4O2/c1-2-4-6-5-3-1;2*1-2(3)4/h1-5H2;2*1H3,(H,3,4). The van der Waals surface area contributed by atoms with Crippen molar-refractivity contribution in [2.75, 3.05) is 13.2 Å². The van der Waals surface area contributed by atoms with Crippen LogP contribution in [0, 0.1) is 0 Å². The summed E-state index contributed by atoms with van der Waals surface area (Å²) >= 11 is 0. The van der Waals surface area contributed by atoms with Crippen molar-refractivity contribution in [3.63, 3.8) is 0 Å². The fourth-order valence-corrected chi connectivity index (χ4v) is 0.687. The molecule has 1 rings (SSSR count). The molecule has 1 aliphatic heterocycles. The average molecular weight is 206 g/mol. The molecule has 5 heteroatoms. The van der Waals surface area contributed by atoms with Crippen LogP contribution < -0.4 is 0 Å². The largest absolute Gasteiger partial charge is 0.481 e. The SMILES string of the molecule is C1CCOCC1.CC(=O)O.CC(=O)O. The summed E-state index contributed by atoms with van der Waals surface area (Å²) in [5.41, 5.74) is 0.